The van der Waals surface area contributed by atoms with Crippen LogP contribution in [-0.4, -0.2) is 10.3 Å². The first-order valence-electron chi connectivity index (χ1n) is 3.73. The summed E-state index contributed by atoms with van der Waals surface area (Å²) in [6, 6.07) is 10.1. The normalized spacial score (nSPS) is 12.9. The van der Waals surface area contributed by atoms with Gasteiger partial charge in [0, 0.05) is 5.56 Å². The van der Waals surface area contributed by atoms with Crippen LogP contribution in [0.1, 0.15) is 12.5 Å². The Kier molecular flexibility index (Phi) is 3.46. The molecule has 1 aromatic carbocycles. The second-order valence-corrected chi connectivity index (χ2v) is 4.17. The fourth-order valence-electron chi connectivity index (χ4n) is 0.869. The molecule has 60 valence electrons. The van der Waals surface area contributed by atoms with Crippen molar-refractivity contribution in [3.05, 3.63) is 35.9 Å². The first kappa shape index (κ1) is 8.62. The second kappa shape index (κ2) is 4.42. The SMILES string of the molecule is CC[S+](O)Cc1ccccc1. The molecule has 0 amide bonds. The van der Waals surface area contributed by atoms with E-state index in [1.54, 1.807) is 0 Å². The number of hydrogen-bond acceptors (Lipinski definition) is 1. The molecule has 0 radical (unpaired) electrons. The third-order valence-corrected chi connectivity index (χ3v) is 2.84. The van der Waals surface area contributed by atoms with E-state index in [4.69, 9.17) is 0 Å². The fourth-order valence-corrected chi connectivity index (χ4v) is 1.65. The van der Waals surface area contributed by atoms with E-state index in [0.717, 1.165) is 11.5 Å². The minimum Gasteiger partial charge on any atom is -0.187 e. The lowest BCUT2D eigenvalue weighted by Crippen LogP contribution is -2.05. The van der Waals surface area contributed by atoms with Gasteiger partial charge in [-0.2, -0.15) is 4.55 Å². The molecule has 1 aromatic rings. The molecule has 0 aliphatic carbocycles. The Balaban J connectivity index is 2.51. The fraction of sp³-hybridized carbons (Fsp3) is 0.333. The summed E-state index contributed by atoms with van der Waals surface area (Å²) in [5.41, 5.74) is 1.22. The van der Waals surface area contributed by atoms with E-state index in [1.165, 1.54) is 5.56 Å². The van der Waals surface area contributed by atoms with E-state index >= 15 is 0 Å². The Morgan fingerprint density at radius 1 is 1.27 bits per heavy atom. The maximum atomic E-state index is 9.34. The van der Waals surface area contributed by atoms with Crippen LogP contribution < -0.4 is 0 Å². The first-order chi connectivity index (χ1) is 5.33. The van der Waals surface area contributed by atoms with E-state index in [2.05, 4.69) is 0 Å². The molecule has 0 bridgehead atoms. The summed E-state index contributed by atoms with van der Waals surface area (Å²) in [6.45, 7) is 2.01. The van der Waals surface area contributed by atoms with E-state index in [9.17, 15) is 4.55 Å². The Labute approximate surface area is 70.6 Å². The number of hydrogen-bond donors (Lipinski definition) is 1. The van der Waals surface area contributed by atoms with Crippen molar-refractivity contribution in [1.82, 2.24) is 0 Å². The molecule has 1 rings (SSSR count). The Morgan fingerprint density at radius 3 is 2.45 bits per heavy atom. The summed E-state index contributed by atoms with van der Waals surface area (Å²) in [6.07, 6.45) is 0. The van der Waals surface area contributed by atoms with Crippen molar-refractivity contribution in [2.24, 2.45) is 0 Å². The predicted molar refractivity (Wildman–Crippen MR) is 50.7 cm³/mol. The van der Waals surface area contributed by atoms with Crippen molar-refractivity contribution in [3.63, 3.8) is 0 Å². The van der Waals surface area contributed by atoms with E-state index < -0.39 is 11.2 Å². The molecule has 1 atom stereocenters. The molecular formula is C9H13OS+. The van der Waals surface area contributed by atoms with E-state index in [1.807, 2.05) is 37.3 Å². The molecule has 0 aromatic heterocycles. The van der Waals surface area contributed by atoms with Gasteiger partial charge in [-0.1, -0.05) is 30.3 Å². The van der Waals surface area contributed by atoms with Gasteiger partial charge in [0.05, 0.1) is 0 Å². The van der Waals surface area contributed by atoms with Crippen LogP contribution in [0.4, 0.5) is 0 Å². The lowest BCUT2D eigenvalue weighted by Gasteiger charge is -1.96. The van der Waals surface area contributed by atoms with Crippen molar-refractivity contribution < 1.29 is 4.55 Å². The van der Waals surface area contributed by atoms with Crippen LogP contribution >= 0.6 is 0 Å². The van der Waals surface area contributed by atoms with Crippen LogP contribution in [0.5, 0.6) is 0 Å². The van der Waals surface area contributed by atoms with Gasteiger partial charge >= 0.3 is 0 Å². The Morgan fingerprint density at radius 2 is 1.91 bits per heavy atom. The zero-order valence-electron chi connectivity index (χ0n) is 6.66. The second-order valence-electron chi connectivity index (χ2n) is 2.38. The summed E-state index contributed by atoms with van der Waals surface area (Å²) in [5, 5.41) is 0. The molecule has 2 heteroatoms. The largest absolute Gasteiger partial charge is 0.187 e. The minimum absolute atomic E-state index is 0.428. The predicted octanol–water partition coefficient (Wildman–Crippen LogP) is 2.30. The lowest BCUT2D eigenvalue weighted by molar-refractivity contribution is 0.639. The summed E-state index contributed by atoms with van der Waals surface area (Å²) in [4.78, 5) is 0. The molecule has 1 unspecified atom stereocenters. The van der Waals surface area contributed by atoms with Crippen LogP contribution in [0.15, 0.2) is 30.3 Å². The molecule has 0 saturated carbocycles. The maximum absolute atomic E-state index is 9.34. The lowest BCUT2D eigenvalue weighted by atomic mass is 10.2. The van der Waals surface area contributed by atoms with Gasteiger partial charge in [-0.25, -0.2) is 0 Å². The quantitative estimate of drug-likeness (QED) is 0.688. The van der Waals surface area contributed by atoms with Gasteiger partial charge in [-0.15, -0.1) is 0 Å². The highest BCUT2D eigenvalue weighted by Gasteiger charge is 2.11. The number of rotatable bonds is 3. The van der Waals surface area contributed by atoms with Gasteiger partial charge in [0.1, 0.15) is 16.9 Å². The first-order valence-corrected chi connectivity index (χ1v) is 5.25. The smallest absolute Gasteiger partial charge is 0.166 e. The van der Waals surface area contributed by atoms with Crippen LogP contribution in [-0.2, 0) is 16.9 Å². The molecule has 0 spiro atoms. The van der Waals surface area contributed by atoms with Gasteiger partial charge in [-0.3, -0.25) is 0 Å². The molecule has 0 aliphatic heterocycles. The molecule has 11 heavy (non-hydrogen) atoms. The third-order valence-electron chi connectivity index (χ3n) is 1.51. The van der Waals surface area contributed by atoms with Crippen molar-refractivity contribution in [2.45, 2.75) is 12.7 Å². The van der Waals surface area contributed by atoms with Crippen molar-refractivity contribution in [3.8, 4) is 0 Å². The maximum Gasteiger partial charge on any atom is 0.166 e. The Bertz CT molecular complexity index is 198. The molecule has 0 aliphatic rings. The average Bonchev–Trinajstić information content (AvgIpc) is 2.06. The highest BCUT2D eigenvalue weighted by molar-refractivity contribution is 7.90. The molecule has 0 fully saturated rings. The summed E-state index contributed by atoms with van der Waals surface area (Å²) < 4.78 is 9.34. The topological polar surface area (TPSA) is 20.2 Å². The van der Waals surface area contributed by atoms with Crippen LogP contribution in [0, 0.1) is 0 Å². The van der Waals surface area contributed by atoms with Gasteiger partial charge in [-0.05, 0) is 6.92 Å². The van der Waals surface area contributed by atoms with Crippen LogP contribution in [0.2, 0.25) is 0 Å². The van der Waals surface area contributed by atoms with Crippen molar-refractivity contribution >= 4 is 11.2 Å². The molecule has 1 N–H and O–H groups in total. The van der Waals surface area contributed by atoms with Crippen molar-refractivity contribution in [1.29, 1.82) is 0 Å². The summed E-state index contributed by atoms with van der Waals surface area (Å²) >= 11 is -0.428. The monoisotopic (exact) mass is 169 g/mol. The van der Waals surface area contributed by atoms with Gasteiger partial charge in [0.25, 0.3) is 0 Å². The molecule has 1 nitrogen and oxygen atoms in total. The van der Waals surface area contributed by atoms with E-state index in [-0.39, 0.29) is 0 Å². The molecule has 0 saturated heterocycles. The summed E-state index contributed by atoms with van der Waals surface area (Å²) in [5.74, 6) is 1.66. The minimum atomic E-state index is -0.428. The summed E-state index contributed by atoms with van der Waals surface area (Å²) in [7, 11) is 0. The highest BCUT2D eigenvalue weighted by Crippen LogP contribution is 2.05. The third kappa shape index (κ3) is 2.95. The van der Waals surface area contributed by atoms with Crippen LogP contribution in [0.25, 0.3) is 0 Å². The highest BCUT2D eigenvalue weighted by atomic mass is 32.2. The van der Waals surface area contributed by atoms with E-state index in [0.29, 0.717) is 0 Å². The van der Waals surface area contributed by atoms with Gasteiger partial charge in [0.15, 0.2) is 5.75 Å². The average molecular weight is 169 g/mol. The molecular weight excluding hydrogens is 156 g/mol. The van der Waals surface area contributed by atoms with Crippen LogP contribution in [0.3, 0.4) is 0 Å². The van der Waals surface area contributed by atoms with Gasteiger partial charge in [0.2, 0.25) is 0 Å². The number of benzene rings is 1. The molecule has 0 heterocycles. The zero-order chi connectivity index (χ0) is 8.10. The zero-order valence-corrected chi connectivity index (χ0v) is 7.47. The standard InChI is InChI=1S/C9H13OS/c1-2-11(10)8-9-6-4-3-5-7-9/h3-7,10H,2,8H2,1H3/q+1. The Hall–Kier alpha value is -0.470. The van der Waals surface area contributed by atoms with Crippen molar-refractivity contribution in [2.75, 3.05) is 5.75 Å². The van der Waals surface area contributed by atoms with Gasteiger partial charge < -0.3 is 0 Å².